The Kier molecular flexibility index (Phi) is 5.43. The fourth-order valence-electron chi connectivity index (χ4n) is 2.83. The number of thiazole rings is 1. The van der Waals surface area contributed by atoms with Crippen molar-refractivity contribution in [1.29, 1.82) is 0 Å². The van der Waals surface area contributed by atoms with Crippen LogP contribution in [0.2, 0.25) is 5.02 Å². The molecule has 0 amide bonds. The van der Waals surface area contributed by atoms with Gasteiger partial charge in [-0.05, 0) is 41.5 Å². The van der Waals surface area contributed by atoms with Crippen LogP contribution in [0.1, 0.15) is 23.7 Å². The molecule has 0 aliphatic carbocycles. The van der Waals surface area contributed by atoms with Gasteiger partial charge in [0.15, 0.2) is 0 Å². The van der Waals surface area contributed by atoms with Gasteiger partial charge in [0.2, 0.25) is 4.96 Å². The molecule has 0 spiro atoms. The Morgan fingerprint density at radius 3 is 2.70 bits per heavy atom. The maximum Gasteiger partial charge on any atom is 0.308 e. The first-order valence-electron chi connectivity index (χ1n) is 8.86. The van der Waals surface area contributed by atoms with E-state index in [9.17, 15) is 14.4 Å². The van der Waals surface area contributed by atoms with Crippen LogP contribution in [0.3, 0.4) is 0 Å². The van der Waals surface area contributed by atoms with Crippen LogP contribution >= 0.6 is 22.9 Å². The second-order valence-corrected chi connectivity index (χ2v) is 7.89. The zero-order valence-corrected chi connectivity index (χ0v) is 17.2. The number of carbonyl (C=O) groups excluding carboxylic acids is 1. The summed E-state index contributed by atoms with van der Waals surface area (Å²) in [5, 5.41) is 4.82. The third-order valence-electron chi connectivity index (χ3n) is 4.15. The molecule has 4 aromatic rings. The number of fused-ring (bicyclic) bond motifs is 1. The van der Waals surface area contributed by atoms with E-state index in [4.69, 9.17) is 16.3 Å². The summed E-state index contributed by atoms with van der Waals surface area (Å²) in [5.41, 5.74) is 0.824. The molecule has 0 atom stereocenters. The standard InChI is InChI=1S/C21H14ClN3O4S/c1-12(26)29-16-4-2-3-14(9-16)11-18-20(28)25-21(30-18)23-19(27)17(24-25)10-13-5-7-15(22)8-6-13/h2-9,11H,10H2,1H3. The summed E-state index contributed by atoms with van der Waals surface area (Å²) in [7, 11) is 0. The van der Waals surface area contributed by atoms with Gasteiger partial charge in [-0.25, -0.2) is 0 Å². The lowest BCUT2D eigenvalue weighted by atomic mass is 10.1. The summed E-state index contributed by atoms with van der Waals surface area (Å²) in [6.07, 6.45) is 1.88. The molecule has 4 rings (SSSR count). The molecule has 7 nitrogen and oxygen atoms in total. The average Bonchev–Trinajstić information content (AvgIpc) is 2.98. The highest BCUT2D eigenvalue weighted by molar-refractivity contribution is 7.15. The molecule has 0 aliphatic rings. The van der Waals surface area contributed by atoms with Gasteiger partial charge in [0.25, 0.3) is 11.1 Å². The SMILES string of the molecule is CC(=O)Oc1cccc(C=c2sc3nc(=O)c(Cc4ccc(Cl)cc4)nn3c2=O)c1. The summed E-state index contributed by atoms with van der Waals surface area (Å²) in [6.45, 7) is 1.31. The van der Waals surface area contributed by atoms with Gasteiger partial charge < -0.3 is 4.74 Å². The third kappa shape index (κ3) is 4.29. The number of benzene rings is 2. The van der Waals surface area contributed by atoms with Crippen molar-refractivity contribution in [2.24, 2.45) is 0 Å². The van der Waals surface area contributed by atoms with Crippen molar-refractivity contribution in [3.63, 3.8) is 0 Å². The van der Waals surface area contributed by atoms with Crippen molar-refractivity contribution in [3.8, 4) is 5.75 Å². The zero-order valence-electron chi connectivity index (χ0n) is 15.7. The van der Waals surface area contributed by atoms with E-state index in [0.29, 0.717) is 20.9 Å². The van der Waals surface area contributed by atoms with Gasteiger partial charge in [-0.1, -0.05) is 47.2 Å². The van der Waals surface area contributed by atoms with Crippen molar-refractivity contribution in [2.75, 3.05) is 0 Å². The molecule has 0 saturated carbocycles. The van der Waals surface area contributed by atoms with Gasteiger partial charge >= 0.3 is 5.97 Å². The molecule has 0 unspecified atom stereocenters. The van der Waals surface area contributed by atoms with Crippen LogP contribution in [-0.4, -0.2) is 20.6 Å². The van der Waals surface area contributed by atoms with E-state index >= 15 is 0 Å². The summed E-state index contributed by atoms with van der Waals surface area (Å²) in [5.74, 6) is -0.0560. The van der Waals surface area contributed by atoms with Crippen molar-refractivity contribution in [2.45, 2.75) is 13.3 Å². The first-order chi connectivity index (χ1) is 14.4. The fourth-order valence-corrected chi connectivity index (χ4v) is 3.86. The molecule has 0 bridgehead atoms. The third-order valence-corrected chi connectivity index (χ3v) is 5.36. The summed E-state index contributed by atoms with van der Waals surface area (Å²) >= 11 is 6.95. The topological polar surface area (TPSA) is 90.6 Å². The van der Waals surface area contributed by atoms with Crippen LogP contribution in [0.15, 0.2) is 58.1 Å². The molecule has 0 aliphatic heterocycles. The quantitative estimate of drug-likeness (QED) is 0.358. The number of hydrogen-bond acceptors (Lipinski definition) is 7. The van der Waals surface area contributed by atoms with Crippen LogP contribution < -0.4 is 20.4 Å². The summed E-state index contributed by atoms with van der Waals surface area (Å²) in [6, 6.07) is 13.8. The van der Waals surface area contributed by atoms with Crippen molar-refractivity contribution in [1.82, 2.24) is 14.6 Å². The number of ether oxygens (including phenoxy) is 1. The van der Waals surface area contributed by atoms with Gasteiger partial charge in [0, 0.05) is 18.4 Å². The van der Waals surface area contributed by atoms with E-state index in [1.165, 1.54) is 6.92 Å². The van der Waals surface area contributed by atoms with E-state index in [0.717, 1.165) is 21.4 Å². The Morgan fingerprint density at radius 2 is 1.97 bits per heavy atom. The molecule has 2 heterocycles. The second-order valence-electron chi connectivity index (χ2n) is 6.44. The lowest BCUT2D eigenvalue weighted by Gasteiger charge is -2.01. The molecule has 2 aromatic carbocycles. The Balaban J connectivity index is 1.75. The number of carbonyl (C=O) groups is 1. The lowest BCUT2D eigenvalue weighted by Crippen LogP contribution is -2.28. The molecule has 0 radical (unpaired) electrons. The smallest absolute Gasteiger partial charge is 0.308 e. The van der Waals surface area contributed by atoms with Crippen LogP contribution in [-0.2, 0) is 11.2 Å². The summed E-state index contributed by atoms with van der Waals surface area (Å²) in [4.78, 5) is 40.5. The number of rotatable bonds is 4. The molecule has 0 saturated heterocycles. The minimum absolute atomic E-state index is 0.174. The normalized spacial score (nSPS) is 11.7. The predicted molar refractivity (Wildman–Crippen MR) is 114 cm³/mol. The van der Waals surface area contributed by atoms with Gasteiger partial charge in [-0.2, -0.15) is 14.6 Å². The first kappa shape index (κ1) is 19.9. The van der Waals surface area contributed by atoms with Crippen LogP contribution in [0, 0.1) is 0 Å². The number of nitrogens with zero attached hydrogens (tertiary/aromatic N) is 3. The van der Waals surface area contributed by atoms with E-state index in [1.54, 1.807) is 54.6 Å². The lowest BCUT2D eigenvalue weighted by molar-refractivity contribution is -0.131. The molecule has 9 heteroatoms. The van der Waals surface area contributed by atoms with Crippen molar-refractivity contribution < 1.29 is 9.53 Å². The van der Waals surface area contributed by atoms with E-state index in [2.05, 4.69) is 10.1 Å². The highest BCUT2D eigenvalue weighted by Crippen LogP contribution is 2.14. The number of hydrogen-bond donors (Lipinski definition) is 0. The minimum atomic E-state index is -0.477. The van der Waals surface area contributed by atoms with Crippen LogP contribution in [0.4, 0.5) is 0 Å². The van der Waals surface area contributed by atoms with Crippen LogP contribution in [0.25, 0.3) is 11.0 Å². The molecule has 2 aromatic heterocycles. The molecule has 30 heavy (non-hydrogen) atoms. The Labute approximate surface area is 178 Å². The maximum absolute atomic E-state index is 12.8. The molecular formula is C21H14ClN3O4S. The van der Waals surface area contributed by atoms with E-state index in [1.807, 2.05) is 0 Å². The van der Waals surface area contributed by atoms with Gasteiger partial charge in [0.05, 0.1) is 4.53 Å². The Bertz CT molecular complexity index is 1430. The Hall–Kier alpha value is -3.36. The second kappa shape index (κ2) is 8.17. The highest BCUT2D eigenvalue weighted by Gasteiger charge is 2.12. The monoisotopic (exact) mass is 439 g/mol. The molecular weight excluding hydrogens is 426 g/mol. The zero-order chi connectivity index (χ0) is 21.3. The first-order valence-corrected chi connectivity index (χ1v) is 10.1. The number of aromatic nitrogens is 3. The van der Waals surface area contributed by atoms with Gasteiger partial charge in [-0.3, -0.25) is 14.4 Å². The average molecular weight is 440 g/mol. The van der Waals surface area contributed by atoms with E-state index in [-0.39, 0.29) is 22.6 Å². The van der Waals surface area contributed by atoms with E-state index < -0.39 is 11.5 Å². The maximum atomic E-state index is 12.8. The van der Waals surface area contributed by atoms with Crippen molar-refractivity contribution >= 4 is 39.9 Å². The van der Waals surface area contributed by atoms with Crippen molar-refractivity contribution in [3.05, 3.63) is 95.6 Å². The van der Waals surface area contributed by atoms with Gasteiger partial charge in [-0.15, -0.1) is 0 Å². The molecule has 0 N–H and O–H groups in total. The highest BCUT2D eigenvalue weighted by atomic mass is 35.5. The van der Waals surface area contributed by atoms with Gasteiger partial charge in [0.1, 0.15) is 11.4 Å². The molecule has 150 valence electrons. The molecule has 0 fully saturated rings. The number of halogens is 1. The number of esters is 1. The minimum Gasteiger partial charge on any atom is -0.427 e. The Morgan fingerprint density at radius 1 is 1.20 bits per heavy atom. The summed E-state index contributed by atoms with van der Waals surface area (Å²) < 4.78 is 6.56. The van der Waals surface area contributed by atoms with Crippen LogP contribution in [0.5, 0.6) is 5.75 Å². The fraction of sp³-hybridized carbons (Fsp3) is 0.0952. The largest absolute Gasteiger partial charge is 0.427 e. The predicted octanol–water partition coefficient (Wildman–Crippen LogP) is 2.23.